The van der Waals surface area contributed by atoms with Gasteiger partial charge in [0.05, 0.1) is 12.2 Å². The van der Waals surface area contributed by atoms with Gasteiger partial charge in [-0.3, -0.25) is 4.79 Å². The third-order valence-electron chi connectivity index (χ3n) is 4.81. The minimum absolute atomic E-state index is 0.0426. The molecule has 7 nitrogen and oxygen atoms in total. The molecule has 0 unspecified atom stereocenters. The Morgan fingerprint density at radius 3 is 2.41 bits per heavy atom. The molecule has 0 saturated carbocycles. The molecule has 0 aromatic heterocycles. The number of urea groups is 1. The Bertz CT molecular complexity index is 665. The van der Waals surface area contributed by atoms with Crippen LogP contribution in [0, 0.1) is 5.92 Å². The van der Waals surface area contributed by atoms with Crippen molar-refractivity contribution in [1.82, 2.24) is 9.80 Å². The highest BCUT2D eigenvalue weighted by atomic mass is 16.5. The van der Waals surface area contributed by atoms with Crippen LogP contribution in [0.4, 0.5) is 10.5 Å². The Labute approximate surface area is 160 Å². The van der Waals surface area contributed by atoms with Crippen LogP contribution in [0.2, 0.25) is 0 Å². The zero-order valence-electron chi connectivity index (χ0n) is 16.4. The van der Waals surface area contributed by atoms with Gasteiger partial charge in [0, 0.05) is 37.8 Å². The fraction of sp³-hybridized carbons (Fsp3) is 0.550. The van der Waals surface area contributed by atoms with Crippen LogP contribution in [0.3, 0.4) is 0 Å². The molecule has 0 aliphatic carbocycles. The number of esters is 1. The Morgan fingerprint density at radius 2 is 1.81 bits per heavy atom. The third-order valence-corrected chi connectivity index (χ3v) is 4.81. The van der Waals surface area contributed by atoms with Crippen molar-refractivity contribution in [3.8, 4) is 0 Å². The van der Waals surface area contributed by atoms with Crippen molar-refractivity contribution in [3.05, 3.63) is 29.8 Å². The zero-order chi connectivity index (χ0) is 19.8. The van der Waals surface area contributed by atoms with Crippen molar-refractivity contribution >= 4 is 23.6 Å². The summed E-state index contributed by atoms with van der Waals surface area (Å²) in [5.41, 5.74) is 0.987. The SMILES string of the molecule is CCOC(=O)c1cccc(NC(=O)C2CCN(C(=O)N(CC)CC)CC2)c1. The number of carbonyl (C=O) groups excluding carboxylic acids is 3. The molecular weight excluding hydrogens is 346 g/mol. The summed E-state index contributed by atoms with van der Waals surface area (Å²) in [6.07, 6.45) is 1.27. The van der Waals surface area contributed by atoms with E-state index in [4.69, 9.17) is 4.74 Å². The number of benzene rings is 1. The number of nitrogens with one attached hydrogen (secondary N) is 1. The quantitative estimate of drug-likeness (QED) is 0.775. The molecule has 0 spiro atoms. The number of piperidine rings is 1. The van der Waals surface area contributed by atoms with Crippen LogP contribution in [-0.2, 0) is 9.53 Å². The van der Waals surface area contributed by atoms with E-state index in [1.807, 2.05) is 18.7 Å². The number of ether oxygens (including phenoxy) is 1. The summed E-state index contributed by atoms with van der Waals surface area (Å²) in [6, 6.07) is 6.79. The van der Waals surface area contributed by atoms with E-state index in [1.165, 1.54) is 0 Å². The second-order valence-electron chi connectivity index (χ2n) is 6.51. The van der Waals surface area contributed by atoms with E-state index in [-0.39, 0.29) is 17.9 Å². The summed E-state index contributed by atoms with van der Waals surface area (Å²) in [5, 5.41) is 2.88. The Balaban J connectivity index is 1.90. The maximum absolute atomic E-state index is 12.6. The average molecular weight is 375 g/mol. The van der Waals surface area contributed by atoms with Gasteiger partial charge in [-0.1, -0.05) is 6.07 Å². The summed E-state index contributed by atoms with van der Waals surface area (Å²) in [6.45, 7) is 8.52. The lowest BCUT2D eigenvalue weighted by molar-refractivity contribution is -0.121. The van der Waals surface area contributed by atoms with E-state index in [9.17, 15) is 14.4 Å². The molecule has 1 N–H and O–H groups in total. The largest absolute Gasteiger partial charge is 0.462 e. The fourth-order valence-corrected chi connectivity index (χ4v) is 3.21. The van der Waals surface area contributed by atoms with Gasteiger partial charge in [-0.15, -0.1) is 0 Å². The van der Waals surface area contributed by atoms with Gasteiger partial charge in [-0.05, 0) is 51.8 Å². The fourth-order valence-electron chi connectivity index (χ4n) is 3.21. The highest BCUT2D eigenvalue weighted by Crippen LogP contribution is 2.21. The molecule has 27 heavy (non-hydrogen) atoms. The Kier molecular flexibility index (Phi) is 7.64. The lowest BCUT2D eigenvalue weighted by Crippen LogP contribution is -2.47. The van der Waals surface area contributed by atoms with Gasteiger partial charge in [-0.2, -0.15) is 0 Å². The van der Waals surface area contributed by atoms with Gasteiger partial charge in [0.1, 0.15) is 0 Å². The Morgan fingerprint density at radius 1 is 1.15 bits per heavy atom. The van der Waals surface area contributed by atoms with E-state index in [0.717, 1.165) is 0 Å². The predicted molar refractivity (Wildman–Crippen MR) is 104 cm³/mol. The second-order valence-corrected chi connectivity index (χ2v) is 6.51. The van der Waals surface area contributed by atoms with Crippen molar-refractivity contribution in [1.29, 1.82) is 0 Å². The first-order valence-corrected chi connectivity index (χ1v) is 9.62. The molecule has 1 aromatic carbocycles. The molecule has 0 radical (unpaired) electrons. The van der Waals surface area contributed by atoms with Gasteiger partial charge >= 0.3 is 12.0 Å². The second kappa shape index (κ2) is 9.94. The molecule has 1 fully saturated rings. The number of amides is 3. The topological polar surface area (TPSA) is 79.0 Å². The van der Waals surface area contributed by atoms with Crippen LogP contribution in [-0.4, -0.2) is 60.5 Å². The van der Waals surface area contributed by atoms with E-state index in [0.29, 0.717) is 56.9 Å². The normalized spacial score (nSPS) is 14.6. The van der Waals surface area contributed by atoms with E-state index < -0.39 is 5.97 Å². The maximum atomic E-state index is 12.6. The predicted octanol–water partition coefficient (Wildman–Crippen LogP) is 2.98. The van der Waals surface area contributed by atoms with Gasteiger partial charge < -0.3 is 19.9 Å². The molecule has 0 bridgehead atoms. The first kappa shape index (κ1) is 20.7. The van der Waals surface area contributed by atoms with Crippen LogP contribution in [0.1, 0.15) is 44.0 Å². The number of rotatable bonds is 6. The molecule has 1 aliphatic heterocycles. The van der Waals surface area contributed by atoms with E-state index >= 15 is 0 Å². The highest BCUT2D eigenvalue weighted by Gasteiger charge is 2.29. The summed E-state index contributed by atoms with van der Waals surface area (Å²) in [4.78, 5) is 40.4. The third kappa shape index (κ3) is 5.45. The van der Waals surface area contributed by atoms with E-state index in [1.54, 1.807) is 36.1 Å². The van der Waals surface area contributed by atoms with Gasteiger partial charge in [-0.25, -0.2) is 9.59 Å². The first-order chi connectivity index (χ1) is 13.0. The van der Waals surface area contributed by atoms with Gasteiger partial charge in [0.2, 0.25) is 5.91 Å². The van der Waals surface area contributed by atoms with Crippen LogP contribution in [0.15, 0.2) is 24.3 Å². The van der Waals surface area contributed by atoms with Crippen molar-refractivity contribution in [2.24, 2.45) is 5.92 Å². The molecule has 1 saturated heterocycles. The number of hydrogen-bond acceptors (Lipinski definition) is 4. The van der Waals surface area contributed by atoms with Crippen molar-refractivity contribution < 1.29 is 19.1 Å². The number of carbonyl (C=O) groups is 3. The average Bonchev–Trinajstić information content (AvgIpc) is 2.69. The zero-order valence-corrected chi connectivity index (χ0v) is 16.4. The highest BCUT2D eigenvalue weighted by molar-refractivity contribution is 5.95. The van der Waals surface area contributed by atoms with Crippen molar-refractivity contribution in [3.63, 3.8) is 0 Å². The maximum Gasteiger partial charge on any atom is 0.338 e. The van der Waals surface area contributed by atoms with Gasteiger partial charge in [0.15, 0.2) is 0 Å². The molecule has 7 heteroatoms. The number of likely N-dealkylation sites (tertiary alicyclic amines) is 1. The Hall–Kier alpha value is -2.57. The number of hydrogen-bond donors (Lipinski definition) is 1. The molecule has 0 atom stereocenters. The summed E-state index contributed by atoms with van der Waals surface area (Å²) in [7, 11) is 0. The summed E-state index contributed by atoms with van der Waals surface area (Å²) >= 11 is 0. The molecule has 1 aromatic rings. The number of anilines is 1. The van der Waals surface area contributed by atoms with Crippen LogP contribution in [0.5, 0.6) is 0 Å². The van der Waals surface area contributed by atoms with E-state index in [2.05, 4.69) is 5.32 Å². The lowest BCUT2D eigenvalue weighted by atomic mass is 9.96. The molecule has 3 amide bonds. The molecule has 2 rings (SSSR count). The number of nitrogens with zero attached hydrogens (tertiary/aromatic N) is 2. The van der Waals surface area contributed by atoms with Crippen LogP contribution >= 0.6 is 0 Å². The minimum atomic E-state index is -0.406. The van der Waals surface area contributed by atoms with Crippen LogP contribution in [0.25, 0.3) is 0 Å². The summed E-state index contributed by atoms with van der Waals surface area (Å²) < 4.78 is 4.98. The molecular formula is C20H29N3O4. The van der Waals surface area contributed by atoms with Crippen molar-refractivity contribution in [2.45, 2.75) is 33.6 Å². The summed E-state index contributed by atoms with van der Waals surface area (Å²) in [5.74, 6) is -0.625. The monoisotopic (exact) mass is 375 g/mol. The lowest BCUT2D eigenvalue weighted by Gasteiger charge is -2.34. The molecule has 148 valence electrons. The van der Waals surface area contributed by atoms with Crippen molar-refractivity contribution in [2.75, 3.05) is 38.1 Å². The standard InChI is InChI=1S/C20H29N3O4/c1-4-22(5-2)20(26)23-12-10-15(11-13-23)18(24)21-17-9-7-8-16(14-17)19(25)27-6-3/h7-9,14-15H,4-6,10-13H2,1-3H3,(H,21,24). The van der Waals surface area contributed by atoms with Gasteiger partial charge in [0.25, 0.3) is 0 Å². The molecule has 1 aliphatic rings. The smallest absolute Gasteiger partial charge is 0.338 e. The minimum Gasteiger partial charge on any atom is -0.462 e. The first-order valence-electron chi connectivity index (χ1n) is 9.62. The molecule has 1 heterocycles. The van der Waals surface area contributed by atoms with Crippen LogP contribution < -0.4 is 5.32 Å².